The van der Waals surface area contributed by atoms with Gasteiger partial charge in [-0.25, -0.2) is 4.98 Å². The van der Waals surface area contributed by atoms with Gasteiger partial charge in [0.1, 0.15) is 5.69 Å². The number of rotatable bonds is 7. The normalized spacial score (nSPS) is 11.4. The summed E-state index contributed by atoms with van der Waals surface area (Å²) in [5, 5.41) is 14.6. The SMILES string of the molecule is CC(C)(CCO)CNC(=O)c1csc(Cc2ccccc2)n1. The Bertz CT molecular complexity index is 608. The van der Waals surface area contributed by atoms with Gasteiger partial charge in [-0.05, 0) is 17.4 Å². The second kappa shape index (κ2) is 7.51. The second-order valence-electron chi connectivity index (χ2n) is 6.11. The minimum Gasteiger partial charge on any atom is -0.396 e. The number of amides is 1. The number of hydrogen-bond acceptors (Lipinski definition) is 4. The van der Waals surface area contributed by atoms with Gasteiger partial charge in [0.05, 0.1) is 5.01 Å². The number of benzene rings is 1. The van der Waals surface area contributed by atoms with E-state index in [9.17, 15) is 4.79 Å². The zero-order valence-corrected chi connectivity index (χ0v) is 13.8. The molecule has 0 saturated carbocycles. The smallest absolute Gasteiger partial charge is 0.270 e. The topological polar surface area (TPSA) is 62.2 Å². The van der Waals surface area contributed by atoms with Gasteiger partial charge in [0.2, 0.25) is 0 Å². The Morgan fingerprint density at radius 2 is 2.05 bits per heavy atom. The van der Waals surface area contributed by atoms with Gasteiger partial charge in [-0.3, -0.25) is 4.79 Å². The Balaban J connectivity index is 1.92. The molecule has 0 spiro atoms. The summed E-state index contributed by atoms with van der Waals surface area (Å²) in [6, 6.07) is 10.1. The fourth-order valence-corrected chi connectivity index (χ4v) is 2.88. The summed E-state index contributed by atoms with van der Waals surface area (Å²) < 4.78 is 0. The van der Waals surface area contributed by atoms with Crippen LogP contribution in [0.25, 0.3) is 0 Å². The quantitative estimate of drug-likeness (QED) is 0.825. The summed E-state index contributed by atoms with van der Waals surface area (Å²) in [7, 11) is 0. The Labute approximate surface area is 135 Å². The van der Waals surface area contributed by atoms with Crippen molar-refractivity contribution in [3.63, 3.8) is 0 Å². The van der Waals surface area contributed by atoms with E-state index in [1.165, 1.54) is 16.9 Å². The van der Waals surface area contributed by atoms with Crippen molar-refractivity contribution in [1.82, 2.24) is 10.3 Å². The molecule has 2 aromatic rings. The fraction of sp³-hybridized carbons (Fsp3) is 0.412. The summed E-state index contributed by atoms with van der Waals surface area (Å²) >= 11 is 1.50. The molecule has 118 valence electrons. The van der Waals surface area contributed by atoms with Gasteiger partial charge in [-0.15, -0.1) is 11.3 Å². The molecule has 2 rings (SSSR count). The average Bonchev–Trinajstić information content (AvgIpc) is 2.94. The Morgan fingerprint density at radius 1 is 1.32 bits per heavy atom. The molecule has 22 heavy (non-hydrogen) atoms. The maximum absolute atomic E-state index is 12.1. The van der Waals surface area contributed by atoms with Crippen LogP contribution in [0.4, 0.5) is 0 Å². The van der Waals surface area contributed by atoms with E-state index in [2.05, 4.69) is 22.4 Å². The van der Waals surface area contributed by atoms with Gasteiger partial charge < -0.3 is 10.4 Å². The van der Waals surface area contributed by atoms with Crippen LogP contribution in [-0.2, 0) is 6.42 Å². The van der Waals surface area contributed by atoms with E-state index in [0.717, 1.165) is 11.4 Å². The van der Waals surface area contributed by atoms with E-state index in [-0.39, 0.29) is 17.9 Å². The molecule has 5 heteroatoms. The molecule has 0 atom stereocenters. The molecule has 0 bridgehead atoms. The van der Waals surface area contributed by atoms with Crippen molar-refractivity contribution >= 4 is 17.2 Å². The molecule has 2 N–H and O–H groups in total. The van der Waals surface area contributed by atoms with Gasteiger partial charge in [-0.2, -0.15) is 0 Å². The number of thiazole rings is 1. The Morgan fingerprint density at radius 3 is 2.73 bits per heavy atom. The molecule has 0 aliphatic carbocycles. The zero-order chi connectivity index (χ0) is 16.0. The molecule has 0 aliphatic heterocycles. The maximum Gasteiger partial charge on any atom is 0.270 e. The molecule has 0 unspecified atom stereocenters. The van der Waals surface area contributed by atoms with Crippen molar-refractivity contribution in [1.29, 1.82) is 0 Å². The Hall–Kier alpha value is -1.72. The number of nitrogens with one attached hydrogen (secondary N) is 1. The zero-order valence-electron chi connectivity index (χ0n) is 13.0. The van der Waals surface area contributed by atoms with Crippen LogP contribution in [0.5, 0.6) is 0 Å². The van der Waals surface area contributed by atoms with Crippen LogP contribution in [0.3, 0.4) is 0 Å². The van der Waals surface area contributed by atoms with Gasteiger partial charge in [0.25, 0.3) is 5.91 Å². The summed E-state index contributed by atoms with van der Waals surface area (Å²) in [5.74, 6) is -0.151. The highest BCUT2D eigenvalue weighted by molar-refractivity contribution is 7.09. The number of carbonyl (C=O) groups is 1. The predicted octanol–water partition coefficient (Wildman–Crippen LogP) is 2.87. The Kier molecular flexibility index (Phi) is 5.69. The van der Waals surface area contributed by atoms with Gasteiger partial charge >= 0.3 is 0 Å². The lowest BCUT2D eigenvalue weighted by atomic mass is 9.90. The largest absolute Gasteiger partial charge is 0.396 e. The van der Waals surface area contributed by atoms with Crippen LogP contribution in [0.1, 0.15) is 41.3 Å². The molecule has 0 saturated heterocycles. The maximum atomic E-state index is 12.1. The van der Waals surface area contributed by atoms with Crippen LogP contribution < -0.4 is 5.32 Å². The van der Waals surface area contributed by atoms with Crippen LogP contribution in [0, 0.1) is 5.41 Å². The van der Waals surface area contributed by atoms with E-state index in [1.807, 2.05) is 32.0 Å². The van der Waals surface area contributed by atoms with Crippen LogP contribution in [-0.4, -0.2) is 29.1 Å². The fourth-order valence-electron chi connectivity index (χ4n) is 2.07. The van der Waals surface area contributed by atoms with Crippen molar-refractivity contribution in [2.75, 3.05) is 13.2 Å². The molecule has 0 fully saturated rings. The first kappa shape index (κ1) is 16.6. The van der Waals surface area contributed by atoms with Gasteiger partial charge in [0, 0.05) is 25.0 Å². The monoisotopic (exact) mass is 318 g/mol. The number of aliphatic hydroxyl groups excluding tert-OH is 1. The predicted molar refractivity (Wildman–Crippen MR) is 89.2 cm³/mol. The summed E-state index contributed by atoms with van der Waals surface area (Å²) in [6.45, 7) is 4.69. The average molecular weight is 318 g/mol. The summed E-state index contributed by atoms with van der Waals surface area (Å²) in [5.41, 5.74) is 1.54. The van der Waals surface area contributed by atoms with E-state index < -0.39 is 0 Å². The van der Waals surface area contributed by atoms with E-state index in [4.69, 9.17) is 5.11 Å². The third-order valence-electron chi connectivity index (χ3n) is 3.50. The van der Waals surface area contributed by atoms with Crippen molar-refractivity contribution in [3.05, 3.63) is 52.0 Å². The summed E-state index contributed by atoms with van der Waals surface area (Å²) in [4.78, 5) is 16.5. The van der Waals surface area contributed by atoms with Crippen LogP contribution in [0.2, 0.25) is 0 Å². The van der Waals surface area contributed by atoms with Gasteiger partial charge in [0.15, 0.2) is 0 Å². The molecule has 4 nitrogen and oxygen atoms in total. The first-order chi connectivity index (χ1) is 10.5. The number of carbonyl (C=O) groups excluding carboxylic acids is 1. The highest BCUT2D eigenvalue weighted by Crippen LogP contribution is 2.19. The standard InChI is InChI=1S/C17H22N2O2S/c1-17(2,8-9-20)12-18-16(21)14-11-22-15(19-14)10-13-6-4-3-5-7-13/h3-7,11,20H,8-10,12H2,1-2H3,(H,18,21). The van der Waals surface area contributed by atoms with E-state index in [1.54, 1.807) is 5.38 Å². The highest BCUT2D eigenvalue weighted by atomic mass is 32.1. The third kappa shape index (κ3) is 4.93. The molecule has 1 heterocycles. The number of nitrogens with zero attached hydrogens (tertiary/aromatic N) is 1. The molecule has 1 amide bonds. The number of hydrogen-bond donors (Lipinski definition) is 2. The van der Waals surface area contributed by atoms with Crippen molar-refractivity contribution in [2.24, 2.45) is 5.41 Å². The molecular weight excluding hydrogens is 296 g/mol. The molecule has 0 aliphatic rings. The minimum absolute atomic E-state index is 0.118. The lowest BCUT2D eigenvalue weighted by Crippen LogP contribution is -2.34. The molecule has 1 aromatic heterocycles. The second-order valence-corrected chi connectivity index (χ2v) is 7.05. The highest BCUT2D eigenvalue weighted by Gasteiger charge is 2.19. The lowest BCUT2D eigenvalue weighted by Gasteiger charge is -2.23. The third-order valence-corrected chi connectivity index (χ3v) is 4.35. The number of aromatic nitrogens is 1. The van der Waals surface area contributed by atoms with Crippen molar-refractivity contribution in [3.8, 4) is 0 Å². The van der Waals surface area contributed by atoms with E-state index >= 15 is 0 Å². The number of aliphatic hydroxyl groups is 1. The van der Waals surface area contributed by atoms with Crippen molar-refractivity contribution in [2.45, 2.75) is 26.7 Å². The van der Waals surface area contributed by atoms with E-state index in [0.29, 0.717) is 18.7 Å². The molecular formula is C17H22N2O2S. The first-order valence-electron chi connectivity index (χ1n) is 7.37. The molecule has 1 aromatic carbocycles. The van der Waals surface area contributed by atoms with Crippen LogP contribution >= 0.6 is 11.3 Å². The van der Waals surface area contributed by atoms with Gasteiger partial charge in [-0.1, -0.05) is 44.2 Å². The molecule has 0 radical (unpaired) electrons. The summed E-state index contributed by atoms with van der Waals surface area (Å²) in [6.07, 6.45) is 1.40. The van der Waals surface area contributed by atoms with Crippen molar-refractivity contribution < 1.29 is 9.90 Å². The minimum atomic E-state index is -0.151. The lowest BCUT2D eigenvalue weighted by molar-refractivity contribution is 0.0923. The van der Waals surface area contributed by atoms with Crippen LogP contribution in [0.15, 0.2) is 35.7 Å². The first-order valence-corrected chi connectivity index (χ1v) is 8.25.